The fourth-order valence-corrected chi connectivity index (χ4v) is 2.93. The van der Waals surface area contributed by atoms with Crippen molar-refractivity contribution in [3.63, 3.8) is 0 Å². The van der Waals surface area contributed by atoms with Crippen LogP contribution in [0, 0.1) is 0 Å². The number of hydrogen-bond donors (Lipinski definition) is 1. The zero-order valence-corrected chi connectivity index (χ0v) is 14.3. The Morgan fingerprint density at radius 1 is 1.40 bits per heavy atom. The summed E-state index contributed by atoms with van der Waals surface area (Å²) < 4.78 is 4.08. The Morgan fingerprint density at radius 2 is 2.08 bits per heavy atom. The Labute approximate surface area is 142 Å². The third kappa shape index (κ3) is 2.37. The van der Waals surface area contributed by atoms with Gasteiger partial charge in [0.25, 0.3) is 5.56 Å². The van der Waals surface area contributed by atoms with Crippen LogP contribution in [0.1, 0.15) is 19.9 Å². The van der Waals surface area contributed by atoms with Crippen molar-refractivity contribution in [3.05, 3.63) is 33.5 Å². The van der Waals surface area contributed by atoms with E-state index in [-0.39, 0.29) is 30.3 Å². The summed E-state index contributed by atoms with van der Waals surface area (Å²) in [5.74, 6) is -0.280. The first-order chi connectivity index (χ1) is 11.8. The normalized spacial score (nSPS) is 16.7. The van der Waals surface area contributed by atoms with Crippen molar-refractivity contribution in [2.45, 2.75) is 26.4 Å². The molecule has 0 aliphatic carbocycles. The van der Waals surface area contributed by atoms with Crippen LogP contribution in [0.5, 0.6) is 0 Å². The summed E-state index contributed by atoms with van der Waals surface area (Å²) in [6.45, 7) is 7.16. The molecule has 0 saturated carbocycles. The molecular formula is C15H19N7O3. The summed E-state index contributed by atoms with van der Waals surface area (Å²) in [6.07, 6.45) is 1.48. The summed E-state index contributed by atoms with van der Waals surface area (Å²) in [5.41, 5.74) is 5.53. The topological polar surface area (TPSA) is 121 Å². The van der Waals surface area contributed by atoms with Crippen LogP contribution >= 0.6 is 0 Å². The van der Waals surface area contributed by atoms with Crippen LogP contribution in [0.2, 0.25) is 0 Å². The van der Waals surface area contributed by atoms with Gasteiger partial charge in [0.1, 0.15) is 6.54 Å². The fourth-order valence-electron chi connectivity index (χ4n) is 2.93. The van der Waals surface area contributed by atoms with E-state index in [1.807, 2.05) is 6.92 Å². The second-order valence-electron chi connectivity index (χ2n) is 5.94. The number of aromatic nitrogens is 4. The van der Waals surface area contributed by atoms with Crippen molar-refractivity contribution in [2.24, 2.45) is 17.9 Å². The van der Waals surface area contributed by atoms with E-state index in [0.29, 0.717) is 11.7 Å². The quantitative estimate of drug-likeness (QED) is 0.736. The number of anilines is 1. The van der Waals surface area contributed by atoms with Gasteiger partial charge in [0.05, 0.1) is 11.8 Å². The molecule has 1 aliphatic heterocycles. The molecule has 25 heavy (non-hydrogen) atoms. The van der Waals surface area contributed by atoms with Gasteiger partial charge in [-0.05, 0) is 13.8 Å². The van der Waals surface area contributed by atoms with Gasteiger partial charge in [-0.1, -0.05) is 6.08 Å². The number of imidazole rings is 1. The number of hydrazone groups is 1. The van der Waals surface area contributed by atoms with Crippen molar-refractivity contribution in [3.8, 4) is 0 Å². The minimum absolute atomic E-state index is 0.0917. The average Bonchev–Trinajstić information content (AvgIpc) is 2.95. The Bertz CT molecular complexity index is 1040. The molecule has 2 N–H and O–H groups in total. The standard InChI is InChI=1S/C15H19N7O3/c1-5-6-20-13(24)11-12(19(4)15(20)25)17-14-21(7-10(16)23)18-8(2)9(3)22(11)14/h5,9H,1,6-7H2,2-4H3,(H2,16,23)/t9-/m1/s1. The highest BCUT2D eigenvalue weighted by molar-refractivity contribution is 5.92. The number of hydrogen-bond acceptors (Lipinski definition) is 6. The Kier molecular flexibility index (Phi) is 3.82. The molecule has 0 saturated heterocycles. The molecule has 2 aromatic rings. The number of allylic oxidation sites excluding steroid dienone is 1. The molecule has 3 rings (SSSR count). The monoisotopic (exact) mass is 345 g/mol. The van der Waals surface area contributed by atoms with Crippen LogP contribution in [0.15, 0.2) is 27.3 Å². The number of nitrogens with two attached hydrogens (primary N) is 1. The lowest BCUT2D eigenvalue weighted by Crippen LogP contribution is -2.40. The molecule has 0 bridgehead atoms. The van der Waals surface area contributed by atoms with Crippen LogP contribution in [-0.4, -0.2) is 36.8 Å². The van der Waals surface area contributed by atoms with E-state index < -0.39 is 17.2 Å². The molecule has 10 nitrogen and oxygen atoms in total. The first kappa shape index (κ1) is 16.7. The lowest BCUT2D eigenvalue weighted by Gasteiger charge is -2.28. The van der Waals surface area contributed by atoms with E-state index in [2.05, 4.69) is 16.7 Å². The predicted molar refractivity (Wildman–Crippen MR) is 93.8 cm³/mol. The van der Waals surface area contributed by atoms with Crippen molar-refractivity contribution >= 4 is 28.7 Å². The van der Waals surface area contributed by atoms with E-state index in [1.54, 1.807) is 18.5 Å². The predicted octanol–water partition coefficient (Wildman–Crippen LogP) is -0.675. The van der Waals surface area contributed by atoms with Crippen LogP contribution in [0.4, 0.5) is 5.95 Å². The molecule has 10 heteroatoms. The number of carbonyl (C=O) groups is 1. The van der Waals surface area contributed by atoms with Crippen LogP contribution < -0.4 is 22.0 Å². The summed E-state index contributed by atoms with van der Waals surface area (Å²) in [4.78, 5) is 41.1. The molecule has 0 aromatic carbocycles. The van der Waals surface area contributed by atoms with Crippen LogP contribution in [0.25, 0.3) is 11.2 Å². The molecule has 0 spiro atoms. The number of fused-ring (bicyclic) bond motifs is 3. The zero-order valence-electron chi connectivity index (χ0n) is 14.3. The van der Waals surface area contributed by atoms with Crippen molar-refractivity contribution in [1.29, 1.82) is 0 Å². The van der Waals surface area contributed by atoms with Gasteiger partial charge in [-0.25, -0.2) is 9.80 Å². The van der Waals surface area contributed by atoms with Gasteiger partial charge in [0.2, 0.25) is 11.9 Å². The Morgan fingerprint density at radius 3 is 2.68 bits per heavy atom. The summed E-state index contributed by atoms with van der Waals surface area (Å²) in [7, 11) is 1.54. The maximum Gasteiger partial charge on any atom is 0.332 e. The van der Waals surface area contributed by atoms with E-state index in [0.717, 1.165) is 4.57 Å². The van der Waals surface area contributed by atoms with Crippen LogP contribution in [0.3, 0.4) is 0 Å². The van der Waals surface area contributed by atoms with Crippen LogP contribution in [-0.2, 0) is 18.4 Å². The van der Waals surface area contributed by atoms with Gasteiger partial charge in [0.15, 0.2) is 11.2 Å². The molecular weight excluding hydrogens is 326 g/mol. The average molecular weight is 345 g/mol. The highest BCUT2D eigenvalue weighted by atomic mass is 16.2. The molecule has 3 heterocycles. The molecule has 0 radical (unpaired) electrons. The summed E-state index contributed by atoms with van der Waals surface area (Å²) in [6, 6.07) is -0.258. The first-order valence-electron chi connectivity index (χ1n) is 7.71. The molecule has 1 atom stereocenters. The minimum Gasteiger partial charge on any atom is -0.368 e. The van der Waals surface area contributed by atoms with Gasteiger partial charge in [-0.3, -0.25) is 23.3 Å². The number of rotatable bonds is 4. The molecule has 132 valence electrons. The van der Waals surface area contributed by atoms with Crippen molar-refractivity contribution in [2.75, 3.05) is 11.6 Å². The maximum absolute atomic E-state index is 12.9. The zero-order chi connectivity index (χ0) is 18.5. The lowest BCUT2D eigenvalue weighted by atomic mass is 10.2. The van der Waals surface area contributed by atoms with E-state index >= 15 is 0 Å². The van der Waals surface area contributed by atoms with Gasteiger partial charge >= 0.3 is 5.69 Å². The van der Waals surface area contributed by atoms with E-state index in [9.17, 15) is 14.4 Å². The second-order valence-corrected chi connectivity index (χ2v) is 5.94. The number of primary amides is 1. The molecule has 1 aliphatic rings. The van der Waals surface area contributed by atoms with Gasteiger partial charge in [-0.2, -0.15) is 10.1 Å². The lowest BCUT2D eigenvalue weighted by molar-refractivity contribution is -0.116. The fraction of sp³-hybridized carbons (Fsp3) is 0.400. The number of carbonyl (C=O) groups excluding carboxylic acids is 1. The minimum atomic E-state index is -0.581. The highest BCUT2D eigenvalue weighted by Gasteiger charge is 2.31. The van der Waals surface area contributed by atoms with Gasteiger partial charge in [-0.15, -0.1) is 6.58 Å². The molecule has 1 amide bonds. The maximum atomic E-state index is 12.9. The molecule has 2 aromatic heterocycles. The first-order valence-corrected chi connectivity index (χ1v) is 7.71. The Balaban J connectivity index is 2.41. The number of nitrogens with zero attached hydrogens (tertiary/aromatic N) is 6. The molecule has 0 fully saturated rings. The van der Waals surface area contributed by atoms with E-state index in [1.165, 1.54) is 15.7 Å². The number of amides is 1. The van der Waals surface area contributed by atoms with Crippen molar-refractivity contribution in [1.82, 2.24) is 18.7 Å². The van der Waals surface area contributed by atoms with Crippen molar-refractivity contribution < 1.29 is 4.79 Å². The highest BCUT2D eigenvalue weighted by Crippen LogP contribution is 2.29. The second kappa shape index (κ2) is 5.72. The third-order valence-electron chi connectivity index (χ3n) is 4.28. The largest absolute Gasteiger partial charge is 0.368 e. The SMILES string of the molecule is C=CCn1c(=O)c2c(nc3n2[C@H](C)C(C)=NN3CC(N)=O)n(C)c1=O. The van der Waals surface area contributed by atoms with E-state index in [4.69, 9.17) is 5.73 Å². The van der Waals surface area contributed by atoms with Gasteiger partial charge < -0.3 is 5.73 Å². The molecule has 0 unspecified atom stereocenters. The summed E-state index contributed by atoms with van der Waals surface area (Å²) in [5, 5.41) is 5.68. The summed E-state index contributed by atoms with van der Waals surface area (Å²) >= 11 is 0. The Hall–Kier alpha value is -3.17. The smallest absolute Gasteiger partial charge is 0.332 e. The number of aryl methyl sites for hydroxylation is 1. The third-order valence-corrected chi connectivity index (χ3v) is 4.28. The van der Waals surface area contributed by atoms with Gasteiger partial charge in [0, 0.05) is 13.6 Å².